The molecule has 0 radical (unpaired) electrons. The maximum absolute atomic E-state index is 13.1. The molecule has 5 nitrogen and oxygen atoms in total. The summed E-state index contributed by atoms with van der Waals surface area (Å²) in [6.07, 6.45) is 2.23. The molecule has 1 aliphatic heterocycles. The van der Waals surface area contributed by atoms with E-state index in [0.717, 1.165) is 11.1 Å². The highest BCUT2D eigenvalue weighted by atomic mass is 19.1. The van der Waals surface area contributed by atoms with Gasteiger partial charge in [0.2, 0.25) is 0 Å². The smallest absolute Gasteiger partial charge is 0.320 e. The summed E-state index contributed by atoms with van der Waals surface area (Å²) in [4.78, 5) is 17.4. The molecule has 142 valence electrons. The van der Waals surface area contributed by atoms with Gasteiger partial charge in [-0.3, -0.25) is 4.98 Å². The van der Waals surface area contributed by atoms with E-state index in [1.165, 1.54) is 24.3 Å². The maximum atomic E-state index is 13.1. The molecule has 0 unspecified atom stereocenters. The zero-order chi connectivity index (χ0) is 19.6. The molecule has 1 aromatic heterocycles. The summed E-state index contributed by atoms with van der Waals surface area (Å²) in [7, 11) is 0. The molecule has 28 heavy (non-hydrogen) atoms. The van der Waals surface area contributed by atoms with Crippen molar-refractivity contribution in [3.05, 3.63) is 89.5 Å². The predicted molar refractivity (Wildman–Crippen MR) is 105 cm³/mol. The lowest BCUT2D eigenvalue weighted by molar-refractivity contribution is 0.200. The van der Waals surface area contributed by atoms with Gasteiger partial charge < -0.3 is 15.4 Å². The van der Waals surface area contributed by atoms with Crippen LogP contribution < -0.4 is 15.4 Å². The number of hydrogen-bond donors (Lipinski definition) is 2. The maximum Gasteiger partial charge on any atom is 0.320 e. The first-order chi connectivity index (χ1) is 13.6. The number of hydrogen-bond acceptors (Lipinski definition) is 3. The first-order valence-corrected chi connectivity index (χ1v) is 9.07. The lowest BCUT2D eigenvalue weighted by atomic mass is 9.81. The van der Waals surface area contributed by atoms with Crippen LogP contribution >= 0.6 is 0 Å². The first kappa shape index (κ1) is 18.0. The molecule has 1 aliphatic rings. The van der Waals surface area contributed by atoms with Gasteiger partial charge in [-0.05, 0) is 48.9 Å². The zero-order valence-electron chi connectivity index (χ0n) is 15.4. The molecule has 4 rings (SSSR count). The minimum atomic E-state index is -0.827. The fourth-order valence-electron chi connectivity index (χ4n) is 3.46. The van der Waals surface area contributed by atoms with E-state index < -0.39 is 11.6 Å². The second kappa shape index (κ2) is 7.31. The van der Waals surface area contributed by atoms with Gasteiger partial charge in [0.25, 0.3) is 0 Å². The molecule has 2 aromatic carbocycles. The van der Waals surface area contributed by atoms with Crippen molar-refractivity contribution in [2.75, 3.05) is 11.9 Å². The van der Waals surface area contributed by atoms with Crippen LogP contribution in [0.4, 0.5) is 14.9 Å². The van der Waals surface area contributed by atoms with Gasteiger partial charge in [0, 0.05) is 18.3 Å². The SMILES string of the molecule is Cc1ccc([C@@]2(NC(=O)Nc3ccc(F)cc3)CCOc3cccnc32)cc1. The van der Waals surface area contributed by atoms with Crippen LogP contribution in [0.15, 0.2) is 66.9 Å². The number of anilines is 1. The number of aromatic nitrogens is 1. The van der Waals surface area contributed by atoms with Crippen LogP contribution in [0.5, 0.6) is 5.75 Å². The predicted octanol–water partition coefficient (Wildman–Crippen LogP) is 4.38. The van der Waals surface area contributed by atoms with Crippen molar-refractivity contribution in [3.63, 3.8) is 0 Å². The third kappa shape index (κ3) is 3.41. The fraction of sp³-hybridized carbons (Fsp3) is 0.182. The van der Waals surface area contributed by atoms with Crippen LogP contribution in [0.25, 0.3) is 0 Å². The first-order valence-electron chi connectivity index (χ1n) is 9.07. The van der Waals surface area contributed by atoms with Gasteiger partial charge in [-0.25, -0.2) is 9.18 Å². The molecular weight excluding hydrogens is 357 g/mol. The summed E-state index contributed by atoms with van der Waals surface area (Å²) in [6, 6.07) is 16.9. The summed E-state index contributed by atoms with van der Waals surface area (Å²) in [5.74, 6) is 0.293. The van der Waals surface area contributed by atoms with Crippen molar-refractivity contribution in [1.82, 2.24) is 10.3 Å². The van der Waals surface area contributed by atoms with Crippen molar-refractivity contribution >= 4 is 11.7 Å². The van der Waals surface area contributed by atoms with Gasteiger partial charge in [0.15, 0.2) is 0 Å². The Balaban J connectivity index is 1.71. The van der Waals surface area contributed by atoms with Crippen molar-refractivity contribution in [2.45, 2.75) is 18.9 Å². The number of urea groups is 1. The molecule has 0 bridgehead atoms. The second-order valence-corrected chi connectivity index (χ2v) is 6.81. The summed E-state index contributed by atoms with van der Waals surface area (Å²) in [6.45, 7) is 2.46. The summed E-state index contributed by atoms with van der Waals surface area (Å²) in [5.41, 5.74) is 2.40. The molecule has 0 saturated heterocycles. The molecule has 2 amide bonds. The minimum absolute atomic E-state index is 0.357. The molecule has 0 saturated carbocycles. The largest absolute Gasteiger partial charge is 0.491 e. The highest BCUT2D eigenvalue weighted by Gasteiger charge is 2.42. The molecule has 2 N–H and O–H groups in total. The van der Waals surface area contributed by atoms with Gasteiger partial charge in [-0.1, -0.05) is 29.8 Å². The van der Waals surface area contributed by atoms with Crippen molar-refractivity contribution < 1.29 is 13.9 Å². The zero-order valence-corrected chi connectivity index (χ0v) is 15.4. The van der Waals surface area contributed by atoms with Crippen molar-refractivity contribution in [1.29, 1.82) is 0 Å². The van der Waals surface area contributed by atoms with Gasteiger partial charge in [0.05, 0.1) is 6.61 Å². The molecule has 0 aliphatic carbocycles. The van der Waals surface area contributed by atoms with E-state index in [0.29, 0.717) is 30.2 Å². The van der Waals surface area contributed by atoms with E-state index in [9.17, 15) is 9.18 Å². The lowest BCUT2D eigenvalue weighted by Crippen LogP contribution is -2.51. The Hall–Kier alpha value is -3.41. The molecule has 0 spiro atoms. The Kier molecular flexibility index (Phi) is 4.69. The number of halogens is 1. The molecule has 6 heteroatoms. The normalized spacial score (nSPS) is 17.9. The van der Waals surface area contributed by atoms with Gasteiger partial charge >= 0.3 is 6.03 Å². The molecule has 0 fully saturated rings. The number of aryl methyl sites for hydroxylation is 1. The standard InChI is InChI=1S/C22H20FN3O2/c1-15-4-6-16(7-5-15)22(12-14-28-19-3-2-13-24-20(19)22)26-21(27)25-18-10-8-17(23)9-11-18/h2-11,13H,12,14H2,1H3,(H2,25,26,27)/t22-/m0/s1. The quantitative estimate of drug-likeness (QED) is 0.712. The number of ether oxygens (including phenoxy) is 1. The summed E-state index contributed by atoms with van der Waals surface area (Å²) < 4.78 is 18.9. The number of rotatable bonds is 3. The number of amides is 2. The van der Waals surface area contributed by atoms with Crippen LogP contribution in [-0.2, 0) is 5.54 Å². The van der Waals surface area contributed by atoms with E-state index in [1.807, 2.05) is 43.3 Å². The molecule has 3 aromatic rings. The number of carbonyl (C=O) groups is 1. The van der Waals surface area contributed by atoms with Gasteiger partial charge in [-0.2, -0.15) is 0 Å². The van der Waals surface area contributed by atoms with Crippen LogP contribution in [0.1, 0.15) is 23.2 Å². The van der Waals surface area contributed by atoms with E-state index in [1.54, 1.807) is 6.20 Å². The number of benzene rings is 2. The number of nitrogens with zero attached hydrogens (tertiary/aromatic N) is 1. The number of carbonyl (C=O) groups excluding carboxylic acids is 1. The Labute approximate surface area is 162 Å². The number of nitrogens with one attached hydrogen (secondary N) is 2. The average molecular weight is 377 g/mol. The summed E-state index contributed by atoms with van der Waals surface area (Å²) in [5, 5.41) is 5.87. The van der Waals surface area contributed by atoms with Crippen molar-refractivity contribution in [2.24, 2.45) is 0 Å². The topological polar surface area (TPSA) is 63.2 Å². The second-order valence-electron chi connectivity index (χ2n) is 6.81. The van der Waals surface area contributed by atoms with Crippen LogP contribution in [0.3, 0.4) is 0 Å². The Bertz CT molecular complexity index is 989. The summed E-state index contributed by atoms with van der Waals surface area (Å²) >= 11 is 0. The van der Waals surface area contributed by atoms with E-state index in [-0.39, 0.29) is 5.82 Å². The van der Waals surface area contributed by atoms with E-state index in [4.69, 9.17) is 4.74 Å². The monoisotopic (exact) mass is 377 g/mol. The Morgan fingerprint density at radius 1 is 1.11 bits per heavy atom. The van der Waals surface area contributed by atoms with Gasteiger partial charge in [-0.15, -0.1) is 0 Å². The van der Waals surface area contributed by atoms with Crippen LogP contribution in [0, 0.1) is 12.7 Å². The van der Waals surface area contributed by atoms with Crippen molar-refractivity contribution in [3.8, 4) is 5.75 Å². The Morgan fingerprint density at radius 2 is 1.86 bits per heavy atom. The van der Waals surface area contributed by atoms with E-state index >= 15 is 0 Å². The van der Waals surface area contributed by atoms with Crippen LogP contribution in [0.2, 0.25) is 0 Å². The highest BCUT2D eigenvalue weighted by Crippen LogP contribution is 2.40. The van der Waals surface area contributed by atoms with E-state index in [2.05, 4.69) is 15.6 Å². The number of fused-ring (bicyclic) bond motifs is 1. The molecular formula is C22H20FN3O2. The third-order valence-electron chi connectivity index (χ3n) is 4.88. The van der Waals surface area contributed by atoms with Gasteiger partial charge in [0.1, 0.15) is 22.8 Å². The molecule has 1 atom stereocenters. The van der Waals surface area contributed by atoms with Crippen LogP contribution in [-0.4, -0.2) is 17.6 Å². The Morgan fingerprint density at radius 3 is 2.61 bits per heavy atom. The average Bonchev–Trinajstić information content (AvgIpc) is 2.70. The third-order valence-corrected chi connectivity index (χ3v) is 4.88. The highest BCUT2D eigenvalue weighted by molar-refractivity contribution is 5.90. The number of pyridine rings is 1. The minimum Gasteiger partial charge on any atom is -0.491 e. The lowest BCUT2D eigenvalue weighted by Gasteiger charge is -2.39. The fourth-order valence-corrected chi connectivity index (χ4v) is 3.46. The molecule has 2 heterocycles.